The highest BCUT2D eigenvalue weighted by molar-refractivity contribution is 7.10. The number of rotatable bonds is 4. The second-order valence-electron chi connectivity index (χ2n) is 7.04. The van der Waals surface area contributed by atoms with Crippen LogP contribution in [0.3, 0.4) is 0 Å². The van der Waals surface area contributed by atoms with E-state index in [1.807, 2.05) is 53.7 Å². The largest absolute Gasteiger partial charge is 0.361 e. The van der Waals surface area contributed by atoms with Crippen molar-refractivity contribution < 1.29 is 4.79 Å². The molecule has 1 saturated heterocycles. The Morgan fingerprint density at radius 1 is 1.31 bits per heavy atom. The first kappa shape index (κ1) is 17.1. The zero-order valence-electron chi connectivity index (χ0n) is 15.3. The van der Waals surface area contributed by atoms with Crippen LogP contribution in [0.15, 0.2) is 42.0 Å². The van der Waals surface area contributed by atoms with Gasteiger partial charge in [0, 0.05) is 37.9 Å². The van der Waals surface area contributed by atoms with Gasteiger partial charge in [-0.3, -0.25) is 4.79 Å². The van der Waals surface area contributed by atoms with Gasteiger partial charge in [-0.1, -0.05) is 6.07 Å². The first-order chi connectivity index (χ1) is 12.6. The lowest BCUT2D eigenvalue weighted by atomic mass is 9.99. The summed E-state index contributed by atoms with van der Waals surface area (Å²) in [5.41, 5.74) is 2.07. The SMILES string of the molecule is CN(C)c1nc(C2CCCCN2C(=O)Cc2cccs2)cn2cccc12. The zero-order chi connectivity index (χ0) is 18.1. The molecule has 0 bridgehead atoms. The standard InChI is InChI=1S/C20H24N4OS/c1-22(2)20-18-9-5-10-23(18)14-16(21-20)17-8-3-4-11-24(17)19(25)13-15-7-6-12-26-15/h5-7,9-10,12,14,17H,3-4,8,11,13H2,1-2H3. The molecular weight excluding hydrogens is 344 g/mol. The average molecular weight is 369 g/mol. The molecule has 0 aliphatic carbocycles. The maximum absolute atomic E-state index is 13.0. The van der Waals surface area contributed by atoms with E-state index in [1.54, 1.807) is 11.3 Å². The average Bonchev–Trinajstić information content (AvgIpc) is 3.32. The Labute approximate surface area is 157 Å². The minimum atomic E-state index is 0.0571. The van der Waals surface area contributed by atoms with E-state index < -0.39 is 0 Å². The predicted molar refractivity (Wildman–Crippen MR) is 106 cm³/mol. The normalized spacial score (nSPS) is 17.6. The van der Waals surface area contributed by atoms with Gasteiger partial charge in [-0.2, -0.15) is 0 Å². The van der Waals surface area contributed by atoms with Crippen molar-refractivity contribution in [3.63, 3.8) is 0 Å². The van der Waals surface area contributed by atoms with E-state index in [9.17, 15) is 4.79 Å². The lowest BCUT2D eigenvalue weighted by Gasteiger charge is -2.36. The van der Waals surface area contributed by atoms with E-state index in [2.05, 4.69) is 16.7 Å². The quantitative estimate of drug-likeness (QED) is 0.704. The Bertz CT molecular complexity index is 900. The van der Waals surface area contributed by atoms with E-state index in [0.29, 0.717) is 6.42 Å². The second kappa shape index (κ2) is 7.11. The first-order valence-electron chi connectivity index (χ1n) is 9.10. The Kier molecular flexibility index (Phi) is 4.68. The van der Waals surface area contributed by atoms with Crippen LogP contribution in [-0.4, -0.2) is 40.8 Å². The first-order valence-corrected chi connectivity index (χ1v) is 9.98. The number of thiophene rings is 1. The van der Waals surface area contributed by atoms with Gasteiger partial charge in [-0.25, -0.2) is 4.98 Å². The van der Waals surface area contributed by atoms with Gasteiger partial charge < -0.3 is 14.2 Å². The van der Waals surface area contributed by atoms with Gasteiger partial charge in [0.05, 0.1) is 23.7 Å². The molecule has 136 valence electrons. The molecule has 0 aromatic carbocycles. The van der Waals surface area contributed by atoms with Gasteiger partial charge in [0.25, 0.3) is 0 Å². The van der Waals surface area contributed by atoms with E-state index >= 15 is 0 Å². The molecular formula is C20H24N4OS. The van der Waals surface area contributed by atoms with Crippen molar-refractivity contribution in [2.45, 2.75) is 31.7 Å². The van der Waals surface area contributed by atoms with Crippen LogP contribution in [0, 0.1) is 0 Å². The topological polar surface area (TPSA) is 40.9 Å². The monoisotopic (exact) mass is 368 g/mol. The number of anilines is 1. The summed E-state index contributed by atoms with van der Waals surface area (Å²) in [4.78, 5) is 23.1. The van der Waals surface area contributed by atoms with Crippen molar-refractivity contribution in [2.75, 3.05) is 25.5 Å². The number of aromatic nitrogens is 2. The molecule has 4 rings (SSSR count). The number of hydrogen-bond donors (Lipinski definition) is 0. The van der Waals surface area contributed by atoms with Crippen LogP contribution in [0.4, 0.5) is 5.82 Å². The van der Waals surface area contributed by atoms with Crippen molar-refractivity contribution in [1.29, 1.82) is 0 Å². The molecule has 26 heavy (non-hydrogen) atoms. The minimum Gasteiger partial charge on any atom is -0.361 e. The van der Waals surface area contributed by atoms with Crippen LogP contribution >= 0.6 is 11.3 Å². The van der Waals surface area contributed by atoms with Crippen molar-refractivity contribution in [3.05, 3.63) is 52.6 Å². The summed E-state index contributed by atoms with van der Waals surface area (Å²) in [5.74, 6) is 1.15. The minimum absolute atomic E-state index is 0.0571. The summed E-state index contributed by atoms with van der Waals surface area (Å²) in [5, 5.41) is 2.03. The highest BCUT2D eigenvalue weighted by atomic mass is 32.1. The molecule has 1 atom stereocenters. The molecule has 1 unspecified atom stereocenters. The van der Waals surface area contributed by atoms with Crippen LogP contribution in [-0.2, 0) is 11.2 Å². The van der Waals surface area contributed by atoms with Crippen LogP contribution in [0.1, 0.15) is 35.9 Å². The van der Waals surface area contributed by atoms with E-state index in [1.165, 1.54) is 0 Å². The lowest BCUT2D eigenvalue weighted by molar-refractivity contribution is -0.134. The van der Waals surface area contributed by atoms with Crippen LogP contribution < -0.4 is 4.90 Å². The van der Waals surface area contributed by atoms with E-state index in [0.717, 1.165) is 47.7 Å². The number of piperidine rings is 1. The molecule has 0 spiro atoms. The molecule has 1 fully saturated rings. The van der Waals surface area contributed by atoms with Crippen molar-refractivity contribution in [3.8, 4) is 0 Å². The zero-order valence-corrected chi connectivity index (χ0v) is 16.1. The maximum atomic E-state index is 13.0. The van der Waals surface area contributed by atoms with Gasteiger partial charge in [0.1, 0.15) is 0 Å². The Balaban J connectivity index is 1.67. The molecule has 1 aliphatic heterocycles. The summed E-state index contributed by atoms with van der Waals surface area (Å²) in [7, 11) is 4.03. The van der Waals surface area contributed by atoms with Gasteiger partial charge in [0.2, 0.25) is 5.91 Å². The summed E-state index contributed by atoms with van der Waals surface area (Å²) in [6.45, 7) is 0.817. The molecule has 3 aromatic rings. The Hall–Kier alpha value is -2.34. The molecule has 1 aliphatic rings. The number of amides is 1. The molecule has 3 aromatic heterocycles. The predicted octanol–water partition coefficient (Wildman–Crippen LogP) is 3.76. The van der Waals surface area contributed by atoms with Crippen LogP contribution in [0.2, 0.25) is 0 Å². The highest BCUT2D eigenvalue weighted by Crippen LogP contribution is 2.32. The fraction of sp³-hybridized carbons (Fsp3) is 0.400. The molecule has 4 heterocycles. The summed E-state index contributed by atoms with van der Waals surface area (Å²) < 4.78 is 2.12. The third-order valence-corrected chi connectivity index (χ3v) is 5.88. The number of hydrogen-bond acceptors (Lipinski definition) is 4. The van der Waals surface area contributed by atoms with Gasteiger partial charge in [-0.05, 0) is 42.8 Å². The fourth-order valence-corrected chi connectivity index (χ4v) is 4.43. The molecule has 0 saturated carbocycles. The Morgan fingerprint density at radius 2 is 2.19 bits per heavy atom. The van der Waals surface area contributed by atoms with Gasteiger partial charge >= 0.3 is 0 Å². The number of fused-ring (bicyclic) bond motifs is 1. The number of nitrogens with zero attached hydrogens (tertiary/aromatic N) is 4. The molecule has 6 heteroatoms. The lowest BCUT2D eigenvalue weighted by Crippen LogP contribution is -2.39. The summed E-state index contributed by atoms with van der Waals surface area (Å²) in [6.07, 6.45) is 7.80. The van der Waals surface area contributed by atoms with Crippen LogP contribution in [0.5, 0.6) is 0 Å². The third kappa shape index (κ3) is 3.21. The second-order valence-corrected chi connectivity index (χ2v) is 8.07. The van der Waals surface area contributed by atoms with E-state index in [-0.39, 0.29) is 11.9 Å². The molecule has 1 amide bonds. The third-order valence-electron chi connectivity index (χ3n) is 5.01. The van der Waals surface area contributed by atoms with Crippen molar-refractivity contribution >= 4 is 28.6 Å². The molecule has 0 radical (unpaired) electrons. The number of likely N-dealkylation sites (tertiary alicyclic amines) is 1. The fourth-order valence-electron chi connectivity index (χ4n) is 3.74. The van der Waals surface area contributed by atoms with E-state index in [4.69, 9.17) is 4.98 Å². The van der Waals surface area contributed by atoms with Crippen LogP contribution in [0.25, 0.3) is 5.52 Å². The van der Waals surface area contributed by atoms with Gasteiger partial charge in [0.15, 0.2) is 5.82 Å². The van der Waals surface area contributed by atoms with Gasteiger partial charge in [-0.15, -0.1) is 11.3 Å². The summed E-state index contributed by atoms with van der Waals surface area (Å²) in [6, 6.07) is 8.21. The number of carbonyl (C=O) groups is 1. The number of carbonyl (C=O) groups excluding carboxylic acids is 1. The maximum Gasteiger partial charge on any atom is 0.228 e. The molecule has 5 nitrogen and oxygen atoms in total. The molecule has 0 N–H and O–H groups in total. The van der Waals surface area contributed by atoms with Crippen molar-refractivity contribution in [2.24, 2.45) is 0 Å². The van der Waals surface area contributed by atoms with Crippen molar-refractivity contribution in [1.82, 2.24) is 14.3 Å². The Morgan fingerprint density at radius 3 is 2.96 bits per heavy atom. The summed E-state index contributed by atoms with van der Waals surface area (Å²) >= 11 is 1.65. The smallest absolute Gasteiger partial charge is 0.228 e. The highest BCUT2D eigenvalue weighted by Gasteiger charge is 2.30.